The molecule has 2 aliphatic heterocycles. The van der Waals surface area contributed by atoms with Crippen molar-refractivity contribution in [2.75, 3.05) is 6.54 Å². The van der Waals surface area contributed by atoms with Crippen LogP contribution in [0.5, 0.6) is 0 Å². The largest absolute Gasteiger partial charge is 0.351 e. The number of carbonyl (C=O) groups excluding carboxylic acids is 2. The lowest BCUT2D eigenvalue weighted by atomic mass is 10.0. The van der Waals surface area contributed by atoms with E-state index in [1.807, 2.05) is 0 Å². The fourth-order valence-electron chi connectivity index (χ4n) is 2.78. The lowest BCUT2D eigenvalue weighted by Gasteiger charge is -2.16. The van der Waals surface area contributed by atoms with E-state index in [0.29, 0.717) is 16.6 Å². The summed E-state index contributed by atoms with van der Waals surface area (Å²) in [7, 11) is 0. The zero-order chi connectivity index (χ0) is 18.1. The fourth-order valence-corrected chi connectivity index (χ4v) is 3.79. The third-order valence-electron chi connectivity index (χ3n) is 3.93. The Kier molecular flexibility index (Phi) is 4.59. The lowest BCUT2D eigenvalue weighted by molar-refractivity contribution is -0.129. The number of nitrogens with zero attached hydrogens (tertiary/aromatic N) is 3. The van der Waals surface area contributed by atoms with Gasteiger partial charge in [-0.25, -0.2) is 9.38 Å². The van der Waals surface area contributed by atoms with Gasteiger partial charge < -0.3 is 5.32 Å². The number of aliphatic imine (C=N–C) groups is 1. The van der Waals surface area contributed by atoms with Crippen LogP contribution in [-0.4, -0.2) is 34.5 Å². The summed E-state index contributed by atoms with van der Waals surface area (Å²) in [6.07, 6.45) is 0.0441. The summed E-state index contributed by atoms with van der Waals surface area (Å²) in [6.45, 7) is 4.00. The van der Waals surface area contributed by atoms with Gasteiger partial charge in [0.2, 0.25) is 0 Å². The number of halogens is 1. The maximum absolute atomic E-state index is 14.2. The Morgan fingerprint density at radius 2 is 2.28 bits per heavy atom. The number of benzene rings is 1. The maximum Gasteiger partial charge on any atom is 0.269 e. The molecule has 0 radical (unpaired) electrons. The van der Waals surface area contributed by atoms with Gasteiger partial charge in [0.05, 0.1) is 5.56 Å². The van der Waals surface area contributed by atoms with Gasteiger partial charge in [0, 0.05) is 17.9 Å². The van der Waals surface area contributed by atoms with Crippen LogP contribution < -0.4 is 5.32 Å². The van der Waals surface area contributed by atoms with Crippen LogP contribution in [0.2, 0.25) is 0 Å². The van der Waals surface area contributed by atoms with E-state index >= 15 is 0 Å². The molecule has 0 spiro atoms. The summed E-state index contributed by atoms with van der Waals surface area (Å²) in [6, 6.07) is 5.47. The number of allylic oxidation sites excluding steroid dienone is 1. The topological polar surface area (TPSA) is 85.6 Å². The van der Waals surface area contributed by atoms with E-state index in [-0.39, 0.29) is 35.1 Å². The SMILES string of the molecule is CCNC(=O)C1=C(C)SC2=NC(Cc3cccc(C#N)c3F)C(=O)N21. The van der Waals surface area contributed by atoms with Crippen molar-refractivity contribution in [1.29, 1.82) is 5.26 Å². The molecule has 2 heterocycles. The van der Waals surface area contributed by atoms with E-state index in [9.17, 15) is 14.0 Å². The molecule has 0 bridgehead atoms. The molecule has 1 aromatic carbocycles. The van der Waals surface area contributed by atoms with Crippen molar-refractivity contribution in [1.82, 2.24) is 10.2 Å². The zero-order valence-corrected chi connectivity index (χ0v) is 14.5. The Morgan fingerprint density at radius 3 is 2.96 bits per heavy atom. The standard InChI is InChI=1S/C17H15FN4O2S/c1-3-20-15(23)14-9(2)25-17-21-12(16(24)22(14)17)7-10-5-4-6-11(8-19)13(10)18/h4-6,12H,3,7H2,1-2H3,(H,20,23). The van der Waals surface area contributed by atoms with Crippen molar-refractivity contribution in [3.8, 4) is 6.07 Å². The van der Waals surface area contributed by atoms with Crippen LogP contribution in [0.25, 0.3) is 0 Å². The average Bonchev–Trinajstić information content (AvgIpc) is 3.05. The van der Waals surface area contributed by atoms with Gasteiger partial charge in [-0.15, -0.1) is 0 Å². The molecule has 128 valence electrons. The Balaban J connectivity index is 1.85. The van der Waals surface area contributed by atoms with Gasteiger partial charge in [-0.2, -0.15) is 5.26 Å². The van der Waals surface area contributed by atoms with Gasteiger partial charge in [-0.1, -0.05) is 23.9 Å². The number of amidine groups is 1. The Labute approximate surface area is 148 Å². The molecule has 8 heteroatoms. The quantitative estimate of drug-likeness (QED) is 0.891. The monoisotopic (exact) mass is 358 g/mol. The number of amides is 2. The predicted molar refractivity (Wildman–Crippen MR) is 91.9 cm³/mol. The van der Waals surface area contributed by atoms with Gasteiger partial charge in [0.25, 0.3) is 11.8 Å². The molecule has 1 atom stereocenters. The fraction of sp³-hybridized carbons (Fsp3) is 0.294. The number of nitrogens with one attached hydrogen (secondary N) is 1. The average molecular weight is 358 g/mol. The second-order valence-electron chi connectivity index (χ2n) is 5.56. The first-order valence-electron chi connectivity index (χ1n) is 7.74. The molecular formula is C17H15FN4O2S. The lowest BCUT2D eigenvalue weighted by Crippen LogP contribution is -2.39. The van der Waals surface area contributed by atoms with Crippen molar-refractivity contribution in [2.45, 2.75) is 26.3 Å². The van der Waals surface area contributed by atoms with Crippen LogP contribution >= 0.6 is 11.8 Å². The summed E-state index contributed by atoms with van der Waals surface area (Å²) >= 11 is 1.26. The van der Waals surface area contributed by atoms with Crippen LogP contribution in [0.3, 0.4) is 0 Å². The molecule has 2 amide bonds. The Morgan fingerprint density at radius 1 is 1.52 bits per heavy atom. The number of rotatable bonds is 4. The van der Waals surface area contributed by atoms with Crippen molar-refractivity contribution in [3.05, 3.63) is 45.7 Å². The van der Waals surface area contributed by atoms with Crippen LogP contribution in [0, 0.1) is 17.1 Å². The molecule has 0 saturated carbocycles. The first-order chi connectivity index (χ1) is 12.0. The summed E-state index contributed by atoms with van der Waals surface area (Å²) in [5.41, 5.74) is 0.474. The third-order valence-corrected chi connectivity index (χ3v) is 4.90. The van der Waals surface area contributed by atoms with Gasteiger partial charge in [0.1, 0.15) is 23.6 Å². The highest BCUT2D eigenvalue weighted by Gasteiger charge is 2.44. The van der Waals surface area contributed by atoms with Crippen LogP contribution in [0.4, 0.5) is 4.39 Å². The number of hydrogen-bond donors (Lipinski definition) is 1. The van der Waals surface area contributed by atoms with Gasteiger partial charge in [0.15, 0.2) is 5.17 Å². The van der Waals surface area contributed by atoms with Gasteiger partial charge in [-0.3, -0.25) is 14.5 Å². The third kappa shape index (κ3) is 2.91. The second-order valence-corrected chi connectivity index (χ2v) is 6.74. The van der Waals surface area contributed by atoms with E-state index in [1.54, 1.807) is 26.0 Å². The number of nitriles is 1. The molecule has 0 fully saturated rings. The molecule has 1 unspecified atom stereocenters. The summed E-state index contributed by atoms with van der Waals surface area (Å²) < 4.78 is 14.2. The molecule has 1 aromatic rings. The number of fused-ring (bicyclic) bond motifs is 1. The molecule has 6 nitrogen and oxygen atoms in total. The van der Waals surface area contributed by atoms with Crippen molar-refractivity contribution < 1.29 is 14.0 Å². The molecule has 1 N–H and O–H groups in total. The molecule has 0 saturated heterocycles. The summed E-state index contributed by atoms with van der Waals surface area (Å²) in [5.74, 6) is -1.32. The van der Waals surface area contributed by atoms with E-state index in [0.717, 1.165) is 0 Å². The highest BCUT2D eigenvalue weighted by molar-refractivity contribution is 8.17. The minimum atomic E-state index is -0.802. The van der Waals surface area contributed by atoms with Gasteiger partial charge in [-0.05, 0) is 25.5 Å². The predicted octanol–water partition coefficient (Wildman–Crippen LogP) is 1.92. The number of thioether (sulfide) groups is 1. The zero-order valence-electron chi connectivity index (χ0n) is 13.7. The van der Waals surface area contributed by atoms with E-state index in [4.69, 9.17) is 5.26 Å². The number of hydrogen-bond acceptors (Lipinski definition) is 5. The van der Waals surface area contributed by atoms with Crippen molar-refractivity contribution in [2.24, 2.45) is 4.99 Å². The molecule has 3 rings (SSSR count). The molecule has 25 heavy (non-hydrogen) atoms. The minimum Gasteiger partial charge on any atom is -0.351 e. The Bertz CT molecular complexity index is 872. The van der Waals surface area contributed by atoms with Gasteiger partial charge >= 0.3 is 0 Å². The second kappa shape index (κ2) is 6.69. The molecular weight excluding hydrogens is 343 g/mol. The maximum atomic E-state index is 14.2. The van der Waals surface area contributed by atoms with Crippen LogP contribution in [0.15, 0.2) is 33.8 Å². The molecule has 2 aliphatic rings. The number of carbonyl (C=O) groups is 2. The summed E-state index contributed by atoms with van der Waals surface area (Å²) in [4.78, 5) is 31.3. The summed E-state index contributed by atoms with van der Waals surface area (Å²) in [5, 5.41) is 12.0. The minimum absolute atomic E-state index is 0.0441. The normalized spacial score (nSPS) is 19.0. The van der Waals surface area contributed by atoms with Crippen LogP contribution in [0.1, 0.15) is 25.0 Å². The highest BCUT2D eigenvalue weighted by Crippen LogP contribution is 2.38. The van der Waals surface area contributed by atoms with E-state index in [1.165, 1.54) is 28.8 Å². The smallest absolute Gasteiger partial charge is 0.269 e. The molecule has 0 aliphatic carbocycles. The van der Waals surface area contributed by atoms with Crippen molar-refractivity contribution in [3.63, 3.8) is 0 Å². The molecule has 0 aromatic heterocycles. The number of likely N-dealkylation sites (N-methyl/N-ethyl adjacent to an activating group) is 1. The first kappa shape index (κ1) is 17.2. The van der Waals surface area contributed by atoms with E-state index < -0.39 is 11.9 Å². The van der Waals surface area contributed by atoms with Crippen molar-refractivity contribution >= 4 is 28.7 Å². The highest BCUT2D eigenvalue weighted by atomic mass is 32.2. The Hall–Kier alpha value is -2.66. The van der Waals surface area contributed by atoms with Crippen LogP contribution in [-0.2, 0) is 16.0 Å². The van der Waals surface area contributed by atoms with E-state index in [2.05, 4.69) is 10.3 Å². The first-order valence-corrected chi connectivity index (χ1v) is 8.55.